The van der Waals surface area contributed by atoms with E-state index in [4.69, 9.17) is 10.5 Å². The van der Waals surface area contributed by atoms with E-state index < -0.39 is 12.3 Å². The maximum Gasteiger partial charge on any atom is 0.425 e. The zero-order chi connectivity index (χ0) is 13.6. The highest BCUT2D eigenvalue weighted by atomic mass is 19.4. The van der Waals surface area contributed by atoms with Gasteiger partial charge in [-0.1, -0.05) is 25.5 Å². The van der Waals surface area contributed by atoms with Crippen LogP contribution in [0, 0.1) is 0 Å². The van der Waals surface area contributed by atoms with E-state index in [9.17, 15) is 13.2 Å². The standard InChI is InChI=1S/C13H18F3NO/c1-2-3-10-4-6-11(7-5-10)18-12(8-9-17)13(14,15)16/h4-7,12H,2-3,8-9,17H2,1H3. The van der Waals surface area contributed by atoms with Gasteiger partial charge in [-0.25, -0.2) is 0 Å². The van der Waals surface area contributed by atoms with Crippen molar-refractivity contribution in [2.24, 2.45) is 5.73 Å². The molecule has 1 aromatic carbocycles. The van der Waals surface area contributed by atoms with Crippen LogP contribution in [0.1, 0.15) is 25.3 Å². The molecule has 1 rings (SSSR count). The van der Waals surface area contributed by atoms with Gasteiger partial charge in [-0.2, -0.15) is 13.2 Å². The molecule has 1 atom stereocenters. The molecule has 0 heterocycles. The molecule has 0 radical (unpaired) electrons. The van der Waals surface area contributed by atoms with Crippen molar-refractivity contribution in [1.82, 2.24) is 0 Å². The number of aryl methyl sites for hydroxylation is 1. The van der Waals surface area contributed by atoms with Crippen molar-refractivity contribution in [3.8, 4) is 5.75 Å². The van der Waals surface area contributed by atoms with Crippen LogP contribution in [-0.4, -0.2) is 18.8 Å². The molecule has 2 nitrogen and oxygen atoms in total. The molecule has 1 aromatic rings. The van der Waals surface area contributed by atoms with Crippen molar-refractivity contribution in [2.75, 3.05) is 6.54 Å². The van der Waals surface area contributed by atoms with E-state index >= 15 is 0 Å². The van der Waals surface area contributed by atoms with E-state index in [1.807, 2.05) is 6.92 Å². The van der Waals surface area contributed by atoms with Gasteiger partial charge in [0.1, 0.15) is 5.75 Å². The van der Waals surface area contributed by atoms with Crippen molar-refractivity contribution < 1.29 is 17.9 Å². The van der Waals surface area contributed by atoms with Crippen LogP contribution in [-0.2, 0) is 6.42 Å². The number of benzene rings is 1. The monoisotopic (exact) mass is 261 g/mol. The molecule has 0 aliphatic heterocycles. The summed E-state index contributed by atoms with van der Waals surface area (Å²) in [6.45, 7) is 1.99. The van der Waals surface area contributed by atoms with Crippen LogP contribution in [0.5, 0.6) is 5.75 Å². The fraction of sp³-hybridized carbons (Fsp3) is 0.538. The second kappa shape index (κ2) is 6.64. The van der Waals surface area contributed by atoms with E-state index in [1.165, 1.54) is 0 Å². The van der Waals surface area contributed by atoms with Crippen molar-refractivity contribution in [1.29, 1.82) is 0 Å². The van der Waals surface area contributed by atoms with Crippen molar-refractivity contribution in [3.63, 3.8) is 0 Å². The molecule has 0 fully saturated rings. The third kappa shape index (κ3) is 4.56. The number of nitrogens with two attached hydrogens (primary N) is 1. The van der Waals surface area contributed by atoms with Gasteiger partial charge in [0.25, 0.3) is 0 Å². The van der Waals surface area contributed by atoms with Gasteiger partial charge >= 0.3 is 6.18 Å². The predicted molar refractivity (Wildman–Crippen MR) is 64.6 cm³/mol. The number of halogens is 3. The molecule has 0 saturated heterocycles. The quantitative estimate of drug-likeness (QED) is 0.852. The first kappa shape index (κ1) is 14.8. The zero-order valence-corrected chi connectivity index (χ0v) is 10.3. The highest BCUT2D eigenvalue weighted by Crippen LogP contribution is 2.27. The van der Waals surface area contributed by atoms with Crippen LogP contribution in [0.15, 0.2) is 24.3 Å². The lowest BCUT2D eigenvalue weighted by Crippen LogP contribution is -2.36. The molecule has 0 aromatic heterocycles. The average molecular weight is 261 g/mol. The maximum atomic E-state index is 12.6. The summed E-state index contributed by atoms with van der Waals surface area (Å²) < 4.78 is 42.8. The van der Waals surface area contributed by atoms with E-state index in [0.717, 1.165) is 18.4 Å². The molecule has 102 valence electrons. The Balaban J connectivity index is 2.69. The maximum absolute atomic E-state index is 12.6. The van der Waals surface area contributed by atoms with Gasteiger partial charge < -0.3 is 10.5 Å². The average Bonchev–Trinajstić information content (AvgIpc) is 2.30. The number of hydrogen-bond donors (Lipinski definition) is 1. The van der Waals surface area contributed by atoms with E-state index in [0.29, 0.717) is 0 Å². The third-order valence-electron chi connectivity index (χ3n) is 2.53. The van der Waals surface area contributed by atoms with E-state index in [2.05, 4.69) is 0 Å². The highest BCUT2D eigenvalue weighted by Gasteiger charge is 2.41. The molecule has 18 heavy (non-hydrogen) atoms. The van der Waals surface area contributed by atoms with E-state index in [-0.39, 0.29) is 18.7 Å². The van der Waals surface area contributed by atoms with Gasteiger partial charge in [-0.05, 0) is 30.7 Å². The fourth-order valence-electron chi connectivity index (χ4n) is 1.63. The minimum absolute atomic E-state index is 0.0574. The lowest BCUT2D eigenvalue weighted by Gasteiger charge is -2.21. The van der Waals surface area contributed by atoms with Crippen LogP contribution in [0.3, 0.4) is 0 Å². The van der Waals surface area contributed by atoms with Gasteiger partial charge in [0, 0.05) is 6.42 Å². The van der Waals surface area contributed by atoms with Crippen LogP contribution in [0.25, 0.3) is 0 Å². The first-order valence-electron chi connectivity index (χ1n) is 5.99. The lowest BCUT2D eigenvalue weighted by molar-refractivity contribution is -0.196. The predicted octanol–water partition coefficient (Wildman–Crippen LogP) is 3.30. The molecular weight excluding hydrogens is 243 g/mol. The largest absolute Gasteiger partial charge is 0.481 e. The third-order valence-corrected chi connectivity index (χ3v) is 2.53. The van der Waals surface area contributed by atoms with Crippen LogP contribution in [0.4, 0.5) is 13.2 Å². The Morgan fingerprint density at radius 2 is 1.83 bits per heavy atom. The van der Waals surface area contributed by atoms with Crippen LogP contribution < -0.4 is 10.5 Å². The van der Waals surface area contributed by atoms with Gasteiger partial charge in [-0.15, -0.1) is 0 Å². The lowest BCUT2D eigenvalue weighted by atomic mass is 10.1. The molecule has 5 heteroatoms. The SMILES string of the molecule is CCCc1ccc(OC(CCN)C(F)(F)F)cc1. The Morgan fingerprint density at radius 1 is 1.22 bits per heavy atom. The molecule has 0 aliphatic rings. The van der Waals surface area contributed by atoms with Crippen LogP contribution >= 0.6 is 0 Å². The van der Waals surface area contributed by atoms with Crippen LogP contribution in [0.2, 0.25) is 0 Å². The molecule has 0 bridgehead atoms. The molecule has 0 spiro atoms. The summed E-state index contributed by atoms with van der Waals surface area (Å²) in [5.74, 6) is 0.227. The molecular formula is C13H18F3NO. The Bertz CT molecular complexity index is 348. The Kier molecular flexibility index (Phi) is 5.47. The summed E-state index contributed by atoms with van der Waals surface area (Å²) in [6, 6.07) is 6.71. The second-order valence-corrected chi connectivity index (χ2v) is 4.12. The zero-order valence-electron chi connectivity index (χ0n) is 10.3. The number of hydrogen-bond acceptors (Lipinski definition) is 2. The Labute approximate surface area is 105 Å². The first-order valence-corrected chi connectivity index (χ1v) is 5.99. The van der Waals surface area contributed by atoms with Gasteiger partial charge in [0.05, 0.1) is 0 Å². The topological polar surface area (TPSA) is 35.2 Å². The van der Waals surface area contributed by atoms with E-state index in [1.54, 1.807) is 24.3 Å². The Morgan fingerprint density at radius 3 is 2.28 bits per heavy atom. The summed E-state index contributed by atoms with van der Waals surface area (Å²) >= 11 is 0. The van der Waals surface area contributed by atoms with Crippen molar-refractivity contribution >= 4 is 0 Å². The number of ether oxygens (including phenoxy) is 1. The number of rotatable bonds is 6. The molecule has 0 saturated carbocycles. The summed E-state index contributed by atoms with van der Waals surface area (Å²) in [4.78, 5) is 0. The van der Waals surface area contributed by atoms with Gasteiger partial charge in [0.2, 0.25) is 0 Å². The minimum atomic E-state index is -4.39. The second-order valence-electron chi connectivity index (χ2n) is 4.12. The fourth-order valence-corrected chi connectivity index (χ4v) is 1.63. The normalized spacial score (nSPS) is 13.4. The highest BCUT2D eigenvalue weighted by molar-refractivity contribution is 5.27. The van der Waals surface area contributed by atoms with Gasteiger partial charge in [-0.3, -0.25) is 0 Å². The van der Waals surface area contributed by atoms with Gasteiger partial charge in [0.15, 0.2) is 6.10 Å². The van der Waals surface area contributed by atoms with Crippen molar-refractivity contribution in [2.45, 2.75) is 38.5 Å². The summed E-state index contributed by atoms with van der Waals surface area (Å²) in [5, 5.41) is 0. The Hall–Kier alpha value is -1.23. The summed E-state index contributed by atoms with van der Waals surface area (Å²) in [5.41, 5.74) is 6.25. The first-order chi connectivity index (χ1) is 8.47. The number of alkyl halides is 3. The summed E-state index contributed by atoms with van der Waals surface area (Å²) in [6.07, 6.45) is -4.55. The smallest absolute Gasteiger partial charge is 0.425 e. The molecule has 0 aliphatic carbocycles. The van der Waals surface area contributed by atoms with Crippen molar-refractivity contribution in [3.05, 3.63) is 29.8 Å². The molecule has 1 unspecified atom stereocenters. The molecule has 2 N–H and O–H groups in total. The minimum Gasteiger partial charge on any atom is -0.481 e. The molecule has 0 amide bonds. The summed E-state index contributed by atoms with van der Waals surface area (Å²) in [7, 11) is 0.